The molecule has 1 fully saturated rings. The number of nitrogens with zero attached hydrogens (tertiary/aromatic N) is 1. The monoisotopic (exact) mass is 299 g/mol. The largest absolute Gasteiger partial charge is 0.467 e. The van der Waals surface area contributed by atoms with Gasteiger partial charge in [-0.2, -0.15) is 0 Å². The number of hydrogen-bond acceptors (Lipinski definition) is 6. The molecule has 1 unspecified atom stereocenters. The van der Waals surface area contributed by atoms with Crippen molar-refractivity contribution >= 4 is 21.5 Å². The van der Waals surface area contributed by atoms with E-state index < -0.39 is 15.9 Å². The number of hydrogen-bond donors (Lipinski definition) is 0. The predicted molar refractivity (Wildman–Crippen MR) is 73.5 cm³/mol. The first-order chi connectivity index (χ1) is 9.43. The van der Waals surface area contributed by atoms with E-state index in [0.29, 0.717) is 13.2 Å². The Hall–Kier alpha value is -1.60. The number of morpholine rings is 1. The molecule has 1 heterocycles. The summed E-state index contributed by atoms with van der Waals surface area (Å²) in [6.45, 7) is 1.33. The lowest BCUT2D eigenvalue weighted by Crippen LogP contribution is -2.50. The van der Waals surface area contributed by atoms with Gasteiger partial charge in [-0.15, -0.1) is 0 Å². The molecule has 1 aliphatic rings. The minimum Gasteiger partial charge on any atom is -0.467 e. The highest BCUT2D eigenvalue weighted by atomic mass is 32.2. The zero-order valence-corrected chi connectivity index (χ0v) is 12.2. The highest BCUT2D eigenvalue weighted by Gasteiger charge is 2.30. The van der Waals surface area contributed by atoms with Crippen molar-refractivity contribution in [3.63, 3.8) is 0 Å². The molecule has 0 amide bonds. The number of ether oxygens (including phenoxy) is 2. The Labute approximate surface area is 118 Å². The van der Waals surface area contributed by atoms with Gasteiger partial charge in [0, 0.05) is 18.5 Å². The lowest BCUT2D eigenvalue weighted by atomic mass is 10.2. The van der Waals surface area contributed by atoms with Crippen molar-refractivity contribution in [2.24, 2.45) is 0 Å². The maximum atomic E-state index is 11.7. The molecule has 0 saturated carbocycles. The van der Waals surface area contributed by atoms with Crippen LogP contribution in [0.4, 0.5) is 5.69 Å². The fourth-order valence-electron chi connectivity index (χ4n) is 2.13. The van der Waals surface area contributed by atoms with E-state index in [1.165, 1.54) is 19.2 Å². The van der Waals surface area contributed by atoms with Crippen LogP contribution < -0.4 is 4.90 Å². The Balaban J connectivity index is 2.26. The number of rotatable bonds is 3. The van der Waals surface area contributed by atoms with E-state index in [9.17, 15) is 13.2 Å². The van der Waals surface area contributed by atoms with Crippen molar-refractivity contribution in [2.75, 3.05) is 38.0 Å². The van der Waals surface area contributed by atoms with Gasteiger partial charge in [0.1, 0.15) is 0 Å². The molecule has 0 N–H and O–H groups in total. The van der Waals surface area contributed by atoms with Crippen LogP contribution >= 0.6 is 0 Å². The highest BCUT2D eigenvalue weighted by molar-refractivity contribution is 7.90. The minimum atomic E-state index is -3.22. The second kappa shape index (κ2) is 5.80. The SMILES string of the molecule is COC(=O)C1COCCN1c1ccc(S(C)(=O)=O)cc1. The molecule has 1 aromatic rings. The van der Waals surface area contributed by atoms with Crippen molar-refractivity contribution in [2.45, 2.75) is 10.9 Å². The molecule has 110 valence electrons. The molecular weight excluding hydrogens is 282 g/mol. The fraction of sp³-hybridized carbons (Fsp3) is 0.462. The molecule has 2 rings (SSSR count). The van der Waals surface area contributed by atoms with Gasteiger partial charge in [0.2, 0.25) is 0 Å². The summed E-state index contributed by atoms with van der Waals surface area (Å²) in [4.78, 5) is 13.9. The Morgan fingerprint density at radius 2 is 2.00 bits per heavy atom. The zero-order valence-electron chi connectivity index (χ0n) is 11.4. The van der Waals surface area contributed by atoms with Crippen LogP contribution in [0, 0.1) is 0 Å². The van der Waals surface area contributed by atoms with E-state index >= 15 is 0 Å². The molecule has 1 saturated heterocycles. The number of carbonyl (C=O) groups is 1. The van der Waals surface area contributed by atoms with Gasteiger partial charge < -0.3 is 14.4 Å². The Morgan fingerprint density at radius 1 is 1.35 bits per heavy atom. The number of sulfone groups is 1. The molecule has 0 aliphatic carbocycles. The molecule has 0 radical (unpaired) electrons. The van der Waals surface area contributed by atoms with Gasteiger partial charge in [-0.05, 0) is 24.3 Å². The van der Waals surface area contributed by atoms with Gasteiger partial charge in [-0.3, -0.25) is 0 Å². The van der Waals surface area contributed by atoms with Crippen LogP contribution in [0.15, 0.2) is 29.2 Å². The van der Waals surface area contributed by atoms with Crippen molar-refractivity contribution in [3.8, 4) is 0 Å². The lowest BCUT2D eigenvalue weighted by molar-refractivity contribution is -0.144. The number of benzene rings is 1. The number of anilines is 1. The summed E-state index contributed by atoms with van der Waals surface area (Å²) >= 11 is 0. The van der Waals surface area contributed by atoms with Gasteiger partial charge >= 0.3 is 5.97 Å². The summed E-state index contributed by atoms with van der Waals surface area (Å²) < 4.78 is 32.9. The smallest absolute Gasteiger partial charge is 0.330 e. The van der Waals surface area contributed by atoms with E-state index in [1.54, 1.807) is 12.1 Å². The summed E-state index contributed by atoms with van der Waals surface area (Å²) in [5.41, 5.74) is 0.774. The standard InChI is InChI=1S/C13H17NO5S/c1-18-13(15)12-9-19-8-7-14(12)10-3-5-11(6-4-10)20(2,16)17/h3-6,12H,7-9H2,1-2H3. The Morgan fingerprint density at radius 3 is 2.55 bits per heavy atom. The second-order valence-electron chi connectivity index (χ2n) is 4.57. The fourth-order valence-corrected chi connectivity index (χ4v) is 2.76. The third-order valence-electron chi connectivity index (χ3n) is 3.20. The van der Waals surface area contributed by atoms with E-state index in [-0.39, 0.29) is 17.5 Å². The van der Waals surface area contributed by atoms with Crippen molar-refractivity contribution < 1.29 is 22.7 Å². The van der Waals surface area contributed by atoms with Gasteiger partial charge in [-0.25, -0.2) is 13.2 Å². The summed E-state index contributed by atoms with van der Waals surface area (Å²) in [5.74, 6) is -0.364. The van der Waals surface area contributed by atoms with Crippen LogP contribution in [-0.4, -0.2) is 53.6 Å². The number of carbonyl (C=O) groups excluding carboxylic acids is 1. The minimum absolute atomic E-state index is 0.254. The van der Waals surface area contributed by atoms with Crippen molar-refractivity contribution in [1.82, 2.24) is 0 Å². The summed E-state index contributed by atoms with van der Waals surface area (Å²) in [5, 5.41) is 0. The highest BCUT2D eigenvalue weighted by Crippen LogP contribution is 2.22. The molecule has 6 nitrogen and oxygen atoms in total. The van der Waals surface area contributed by atoms with E-state index in [0.717, 1.165) is 11.9 Å². The molecular formula is C13H17NO5S. The second-order valence-corrected chi connectivity index (χ2v) is 6.59. The maximum absolute atomic E-state index is 11.7. The topological polar surface area (TPSA) is 72.9 Å². The third-order valence-corrected chi connectivity index (χ3v) is 4.33. The first-order valence-electron chi connectivity index (χ1n) is 6.16. The molecule has 1 aliphatic heterocycles. The number of methoxy groups -OCH3 is 1. The number of esters is 1. The average Bonchev–Trinajstić information content (AvgIpc) is 2.45. The predicted octanol–water partition coefficient (Wildman–Crippen LogP) is 0.468. The van der Waals surface area contributed by atoms with Crippen molar-refractivity contribution in [3.05, 3.63) is 24.3 Å². The van der Waals surface area contributed by atoms with Gasteiger partial charge in [0.25, 0.3) is 0 Å². The van der Waals surface area contributed by atoms with Crippen LogP contribution in [0.2, 0.25) is 0 Å². The van der Waals surface area contributed by atoms with E-state index in [4.69, 9.17) is 9.47 Å². The van der Waals surface area contributed by atoms with Crippen LogP contribution in [0.25, 0.3) is 0 Å². The third kappa shape index (κ3) is 3.10. The lowest BCUT2D eigenvalue weighted by Gasteiger charge is -2.35. The van der Waals surface area contributed by atoms with Crippen molar-refractivity contribution in [1.29, 1.82) is 0 Å². The van der Waals surface area contributed by atoms with Crippen LogP contribution in [0.1, 0.15) is 0 Å². The van der Waals surface area contributed by atoms with E-state index in [1.807, 2.05) is 4.90 Å². The molecule has 20 heavy (non-hydrogen) atoms. The molecule has 1 atom stereocenters. The van der Waals surface area contributed by atoms with Gasteiger partial charge in [0.05, 0.1) is 25.2 Å². The zero-order chi connectivity index (χ0) is 14.8. The van der Waals surface area contributed by atoms with Crippen LogP contribution in [-0.2, 0) is 24.1 Å². The normalized spacial score (nSPS) is 19.7. The molecule has 0 spiro atoms. The van der Waals surface area contributed by atoms with Crippen LogP contribution in [0.5, 0.6) is 0 Å². The quantitative estimate of drug-likeness (QED) is 0.755. The van der Waals surface area contributed by atoms with Crippen LogP contribution in [0.3, 0.4) is 0 Å². The molecule has 1 aromatic carbocycles. The molecule has 7 heteroatoms. The van der Waals surface area contributed by atoms with Gasteiger partial charge in [0.15, 0.2) is 15.9 Å². The van der Waals surface area contributed by atoms with E-state index in [2.05, 4.69) is 0 Å². The summed E-state index contributed by atoms with van der Waals surface area (Å²) in [6.07, 6.45) is 1.16. The first-order valence-corrected chi connectivity index (χ1v) is 8.05. The summed E-state index contributed by atoms with van der Waals surface area (Å²) in [6, 6.07) is 5.95. The maximum Gasteiger partial charge on any atom is 0.330 e. The first kappa shape index (κ1) is 14.8. The Kier molecular flexibility index (Phi) is 4.29. The molecule has 0 aromatic heterocycles. The average molecular weight is 299 g/mol. The Bertz CT molecular complexity index is 581. The molecule has 0 bridgehead atoms. The van der Waals surface area contributed by atoms with Gasteiger partial charge in [-0.1, -0.05) is 0 Å². The summed E-state index contributed by atoms with van der Waals surface area (Å²) in [7, 11) is -1.88.